The Morgan fingerprint density at radius 2 is 1.83 bits per heavy atom. The second-order valence-electron chi connectivity index (χ2n) is 2.06. The van der Waals surface area contributed by atoms with Crippen molar-refractivity contribution in [1.82, 2.24) is 0 Å². The fourth-order valence-electron chi connectivity index (χ4n) is 0.728. The third-order valence-electron chi connectivity index (χ3n) is 1.21. The fraction of sp³-hybridized carbons (Fsp3) is 0. The molecule has 1 rings (SSSR count). The first kappa shape index (κ1) is 11.4. The van der Waals surface area contributed by atoms with E-state index in [1.54, 1.807) is 0 Å². The molecular weight excluding hydrogens is 344 g/mol. The standard InChI is InChI=1S/C9H8O2.Tl/c10-9(11)7-6-8-4-2-1-3-5-8;/h1-7H,(H,10,11);/q;+1/p-1. The van der Waals surface area contributed by atoms with Gasteiger partial charge in [-0.3, -0.25) is 0 Å². The molecule has 0 unspecified atom stereocenters. The van der Waals surface area contributed by atoms with Crippen molar-refractivity contribution in [3.05, 3.63) is 42.0 Å². The Labute approximate surface area is 91.1 Å². The molecule has 0 amide bonds. The van der Waals surface area contributed by atoms with Crippen LogP contribution in [0.3, 0.4) is 0 Å². The molecule has 0 saturated carbocycles. The summed E-state index contributed by atoms with van der Waals surface area (Å²) in [7, 11) is 0. The maximum atomic E-state index is 9.97. The maximum absolute atomic E-state index is 9.97. The van der Waals surface area contributed by atoms with Gasteiger partial charge in [0.1, 0.15) is 0 Å². The Balaban J connectivity index is 0.00000121. The topological polar surface area (TPSA) is 40.1 Å². The largest absolute Gasteiger partial charge is 1.00 e. The van der Waals surface area contributed by atoms with Crippen molar-refractivity contribution in [1.29, 1.82) is 0 Å². The number of carbonyl (C=O) groups excluding carboxylic acids is 1. The van der Waals surface area contributed by atoms with E-state index in [1.165, 1.54) is 6.08 Å². The summed E-state index contributed by atoms with van der Waals surface area (Å²) in [4.78, 5) is 9.97. The van der Waals surface area contributed by atoms with E-state index < -0.39 is 5.97 Å². The quantitative estimate of drug-likeness (QED) is 0.559. The van der Waals surface area contributed by atoms with Crippen LogP contribution in [0.4, 0.5) is 0 Å². The summed E-state index contributed by atoms with van der Waals surface area (Å²) in [5, 5.41) is 9.97. The van der Waals surface area contributed by atoms with E-state index in [2.05, 4.69) is 0 Å². The zero-order chi connectivity index (χ0) is 8.10. The summed E-state index contributed by atoms with van der Waals surface area (Å²) < 4.78 is 0. The van der Waals surface area contributed by atoms with Gasteiger partial charge in [0, 0.05) is 0 Å². The number of hydrogen-bond acceptors (Lipinski definition) is 2. The first-order valence-corrected chi connectivity index (χ1v) is 3.23. The van der Waals surface area contributed by atoms with Crippen LogP contribution in [0, 0.1) is 0 Å². The Kier molecular flexibility index (Phi) is 5.61. The van der Waals surface area contributed by atoms with Crippen LogP contribution >= 0.6 is 0 Å². The van der Waals surface area contributed by atoms with Gasteiger partial charge in [0.25, 0.3) is 0 Å². The van der Waals surface area contributed by atoms with Crippen molar-refractivity contribution in [2.24, 2.45) is 0 Å². The van der Waals surface area contributed by atoms with Gasteiger partial charge >= 0.3 is 27.3 Å². The molecule has 2 nitrogen and oxygen atoms in total. The SMILES string of the molecule is O=C([O-])C=Cc1ccccc1.[Tl+]. The summed E-state index contributed by atoms with van der Waals surface area (Å²) in [5.74, 6) is -1.17. The molecule has 0 spiro atoms. The molecular formula is C9H7O2Tl. The number of rotatable bonds is 2. The third-order valence-corrected chi connectivity index (χ3v) is 1.21. The van der Waals surface area contributed by atoms with Crippen molar-refractivity contribution in [3.8, 4) is 0 Å². The van der Waals surface area contributed by atoms with Gasteiger partial charge in [0.2, 0.25) is 0 Å². The van der Waals surface area contributed by atoms with Crippen molar-refractivity contribution < 1.29 is 9.90 Å². The Bertz CT molecular complexity index is 267. The summed E-state index contributed by atoms with van der Waals surface area (Å²) in [5.41, 5.74) is 0.858. The molecule has 12 heavy (non-hydrogen) atoms. The molecule has 0 heterocycles. The normalized spacial score (nSPS) is 9.33. The molecule has 3 heteroatoms. The summed E-state index contributed by atoms with van der Waals surface area (Å²) in [6.07, 6.45) is 2.50. The molecule has 58 valence electrons. The van der Waals surface area contributed by atoms with Gasteiger partial charge < -0.3 is 9.90 Å². The van der Waals surface area contributed by atoms with Crippen molar-refractivity contribution in [2.75, 3.05) is 0 Å². The zero-order valence-electron chi connectivity index (χ0n) is 6.44. The van der Waals surface area contributed by atoms with Crippen molar-refractivity contribution in [3.63, 3.8) is 0 Å². The van der Waals surface area contributed by atoms with Crippen LogP contribution in [0.5, 0.6) is 0 Å². The van der Waals surface area contributed by atoms with Gasteiger partial charge in [-0.15, -0.1) is 0 Å². The third kappa shape index (κ3) is 4.28. The summed E-state index contributed by atoms with van der Waals surface area (Å²) in [6, 6.07) is 9.19. The molecule has 0 fully saturated rings. The van der Waals surface area contributed by atoms with Crippen LogP contribution in [-0.2, 0) is 4.79 Å². The average Bonchev–Trinajstić information content (AvgIpc) is 2.03. The molecule has 0 aromatic heterocycles. The van der Waals surface area contributed by atoms with Crippen LogP contribution in [0.25, 0.3) is 6.08 Å². The minimum Gasteiger partial charge on any atom is -0.545 e. The van der Waals surface area contributed by atoms with Crippen molar-refractivity contribution in [2.45, 2.75) is 0 Å². The zero-order valence-corrected chi connectivity index (χ0v) is 10.9. The number of carboxylic acid groups (broad SMARTS) is 1. The van der Waals surface area contributed by atoms with Gasteiger partial charge in [-0.05, 0) is 11.6 Å². The first-order valence-electron chi connectivity index (χ1n) is 3.23. The van der Waals surface area contributed by atoms with Crippen LogP contribution in [-0.4, -0.2) is 33.3 Å². The molecule has 0 aliphatic carbocycles. The summed E-state index contributed by atoms with van der Waals surface area (Å²) in [6.45, 7) is 0. The Morgan fingerprint density at radius 3 is 2.33 bits per heavy atom. The van der Waals surface area contributed by atoms with Gasteiger partial charge in [-0.2, -0.15) is 0 Å². The van der Waals surface area contributed by atoms with Crippen LogP contribution < -0.4 is 5.11 Å². The van der Waals surface area contributed by atoms with Gasteiger partial charge in [-0.25, -0.2) is 0 Å². The van der Waals surface area contributed by atoms with E-state index >= 15 is 0 Å². The molecule has 0 radical (unpaired) electrons. The van der Waals surface area contributed by atoms with E-state index in [1.807, 2.05) is 30.3 Å². The number of benzene rings is 1. The predicted octanol–water partition coefficient (Wildman–Crippen LogP) is 0.0689. The average molecular weight is 352 g/mol. The van der Waals surface area contributed by atoms with Crippen LogP contribution in [0.1, 0.15) is 5.56 Å². The van der Waals surface area contributed by atoms with Crippen LogP contribution in [0.15, 0.2) is 36.4 Å². The monoisotopic (exact) mass is 352 g/mol. The fourth-order valence-corrected chi connectivity index (χ4v) is 0.728. The smallest absolute Gasteiger partial charge is 0.545 e. The Hall–Kier alpha value is -0.648. The molecule has 1 aromatic carbocycles. The number of carboxylic acids is 1. The molecule has 1 aromatic rings. The van der Waals surface area contributed by atoms with Gasteiger partial charge in [0.05, 0.1) is 5.97 Å². The predicted molar refractivity (Wildman–Crippen MR) is 46.2 cm³/mol. The first-order chi connectivity index (χ1) is 5.29. The van der Waals surface area contributed by atoms with E-state index in [9.17, 15) is 9.90 Å². The van der Waals surface area contributed by atoms with E-state index in [0.29, 0.717) is 0 Å². The van der Waals surface area contributed by atoms with Crippen molar-refractivity contribution >= 4 is 39.3 Å². The van der Waals surface area contributed by atoms with E-state index in [0.717, 1.165) is 11.6 Å². The molecule has 0 aliphatic heterocycles. The van der Waals surface area contributed by atoms with E-state index in [-0.39, 0.29) is 27.3 Å². The van der Waals surface area contributed by atoms with Gasteiger partial charge in [-0.1, -0.05) is 36.4 Å². The molecule has 0 bridgehead atoms. The molecule has 0 aliphatic rings. The second kappa shape index (κ2) is 5.93. The minimum atomic E-state index is -1.17. The van der Waals surface area contributed by atoms with E-state index in [4.69, 9.17) is 0 Å². The maximum Gasteiger partial charge on any atom is 1.00 e. The number of hydrogen-bond donors (Lipinski definition) is 0. The molecule has 0 N–H and O–H groups in total. The number of carbonyl (C=O) groups is 1. The molecule has 0 atom stereocenters. The van der Waals surface area contributed by atoms with Crippen LogP contribution in [0.2, 0.25) is 0 Å². The Morgan fingerprint density at radius 1 is 1.25 bits per heavy atom. The number of aliphatic carboxylic acids is 1. The molecule has 0 saturated heterocycles. The summed E-state index contributed by atoms with van der Waals surface area (Å²) >= 11 is 0. The second-order valence-corrected chi connectivity index (χ2v) is 2.06. The van der Waals surface area contributed by atoms with Gasteiger partial charge in [0.15, 0.2) is 0 Å². The minimum absolute atomic E-state index is 0.